The second-order valence-electron chi connectivity index (χ2n) is 8.18. The smallest absolute Gasteiger partial charge is 0.296 e. The molecule has 1 saturated carbocycles. The van der Waals surface area contributed by atoms with Crippen molar-refractivity contribution in [2.75, 3.05) is 0 Å². The third-order valence-corrected chi connectivity index (χ3v) is 6.20. The molecular weight excluding hydrogens is 394 g/mol. The monoisotopic (exact) mass is 417 g/mol. The van der Waals surface area contributed by atoms with Gasteiger partial charge in [0.15, 0.2) is 5.65 Å². The lowest BCUT2D eigenvalue weighted by atomic mass is 9.89. The Kier molecular flexibility index (Phi) is 5.17. The first-order valence-electron chi connectivity index (χ1n) is 10.5. The molecule has 0 amide bonds. The SMILES string of the molecule is CC1CCC(Oc2nc3nc(-c4ccc(-c5ccccc5)cc4)c(Cl)cc3[nH]2)CC1. The number of halogens is 1. The summed E-state index contributed by atoms with van der Waals surface area (Å²) in [7, 11) is 0. The number of ether oxygens (including phenoxy) is 1. The molecule has 1 aliphatic rings. The number of aromatic amines is 1. The van der Waals surface area contributed by atoms with Crippen molar-refractivity contribution in [3.8, 4) is 28.4 Å². The fourth-order valence-corrected chi connectivity index (χ4v) is 4.37. The van der Waals surface area contributed by atoms with Crippen molar-refractivity contribution in [3.05, 3.63) is 65.7 Å². The predicted octanol–water partition coefficient (Wildman–Crippen LogP) is 6.90. The molecule has 152 valence electrons. The summed E-state index contributed by atoms with van der Waals surface area (Å²) in [6.07, 6.45) is 4.79. The van der Waals surface area contributed by atoms with Gasteiger partial charge in [-0.25, -0.2) is 4.98 Å². The van der Waals surface area contributed by atoms with E-state index in [0.29, 0.717) is 16.7 Å². The molecule has 1 N–H and O–H groups in total. The molecule has 5 rings (SSSR count). The highest BCUT2D eigenvalue weighted by Gasteiger charge is 2.21. The van der Waals surface area contributed by atoms with E-state index in [9.17, 15) is 0 Å². The quantitative estimate of drug-likeness (QED) is 0.392. The van der Waals surface area contributed by atoms with Gasteiger partial charge < -0.3 is 9.72 Å². The number of nitrogens with one attached hydrogen (secondary N) is 1. The van der Waals surface area contributed by atoms with Crippen LogP contribution in [0.2, 0.25) is 5.02 Å². The van der Waals surface area contributed by atoms with Crippen LogP contribution in [0.1, 0.15) is 32.6 Å². The van der Waals surface area contributed by atoms with Gasteiger partial charge in [0.25, 0.3) is 6.01 Å². The third kappa shape index (κ3) is 3.92. The van der Waals surface area contributed by atoms with Crippen molar-refractivity contribution in [3.63, 3.8) is 0 Å². The third-order valence-electron chi connectivity index (χ3n) is 5.91. The van der Waals surface area contributed by atoms with Crippen LogP contribution in [0.4, 0.5) is 0 Å². The van der Waals surface area contributed by atoms with E-state index in [2.05, 4.69) is 53.3 Å². The molecule has 0 saturated heterocycles. The van der Waals surface area contributed by atoms with E-state index in [4.69, 9.17) is 21.3 Å². The van der Waals surface area contributed by atoms with E-state index in [1.165, 1.54) is 18.4 Å². The molecule has 0 radical (unpaired) electrons. The summed E-state index contributed by atoms with van der Waals surface area (Å²) in [6, 6.07) is 21.0. The van der Waals surface area contributed by atoms with Crippen molar-refractivity contribution in [1.82, 2.24) is 15.0 Å². The maximum atomic E-state index is 6.56. The number of fused-ring (bicyclic) bond motifs is 1. The first kappa shape index (κ1) is 19.1. The molecule has 0 unspecified atom stereocenters. The number of pyridine rings is 1. The Balaban J connectivity index is 1.40. The maximum absolute atomic E-state index is 6.56. The molecule has 0 aliphatic heterocycles. The van der Waals surface area contributed by atoms with Crippen LogP contribution in [-0.4, -0.2) is 21.1 Å². The molecule has 1 aliphatic carbocycles. The van der Waals surface area contributed by atoms with Crippen LogP contribution < -0.4 is 4.74 Å². The first-order chi connectivity index (χ1) is 14.7. The summed E-state index contributed by atoms with van der Waals surface area (Å²) in [6.45, 7) is 2.30. The van der Waals surface area contributed by atoms with Crippen LogP contribution in [0, 0.1) is 5.92 Å². The number of H-pyrrole nitrogens is 1. The molecule has 2 aromatic heterocycles. The van der Waals surface area contributed by atoms with E-state index in [1.54, 1.807) is 0 Å². The maximum Gasteiger partial charge on any atom is 0.296 e. The Labute approximate surface area is 181 Å². The van der Waals surface area contributed by atoms with Gasteiger partial charge in [-0.15, -0.1) is 0 Å². The molecule has 2 heterocycles. The van der Waals surface area contributed by atoms with Gasteiger partial charge in [-0.05, 0) is 48.8 Å². The lowest BCUT2D eigenvalue weighted by Crippen LogP contribution is -2.23. The number of hydrogen-bond acceptors (Lipinski definition) is 3. The topological polar surface area (TPSA) is 50.8 Å². The molecular formula is C25H24ClN3O. The average molecular weight is 418 g/mol. The van der Waals surface area contributed by atoms with Crippen molar-refractivity contribution >= 4 is 22.8 Å². The summed E-state index contributed by atoms with van der Waals surface area (Å²) < 4.78 is 6.09. The highest BCUT2D eigenvalue weighted by atomic mass is 35.5. The normalized spacial score (nSPS) is 19.1. The molecule has 0 spiro atoms. The number of aromatic nitrogens is 3. The Bertz CT molecular complexity index is 1150. The highest BCUT2D eigenvalue weighted by Crippen LogP contribution is 2.32. The summed E-state index contributed by atoms with van der Waals surface area (Å²) >= 11 is 6.56. The van der Waals surface area contributed by atoms with Crippen LogP contribution in [0.3, 0.4) is 0 Å². The molecule has 2 aromatic carbocycles. The zero-order valence-corrected chi connectivity index (χ0v) is 17.7. The fourth-order valence-electron chi connectivity index (χ4n) is 4.11. The standard InChI is InChI=1S/C25H24ClN3O/c1-16-7-13-20(14-8-16)30-25-27-22-15-21(26)23(28-24(22)29-25)19-11-9-18(10-12-19)17-5-3-2-4-6-17/h2-6,9-12,15-16,20H,7-8,13-14H2,1H3,(H,27,28,29). The van der Waals surface area contributed by atoms with Gasteiger partial charge in [0, 0.05) is 5.56 Å². The Morgan fingerprint density at radius 1 is 0.867 bits per heavy atom. The van der Waals surface area contributed by atoms with Gasteiger partial charge in [-0.2, -0.15) is 4.98 Å². The van der Waals surface area contributed by atoms with Gasteiger partial charge in [0.05, 0.1) is 16.2 Å². The van der Waals surface area contributed by atoms with Crippen molar-refractivity contribution in [2.24, 2.45) is 5.92 Å². The number of nitrogens with zero attached hydrogens (tertiary/aromatic N) is 2. The van der Waals surface area contributed by atoms with E-state index >= 15 is 0 Å². The number of benzene rings is 2. The van der Waals surface area contributed by atoms with Gasteiger partial charge in [-0.3, -0.25) is 0 Å². The second kappa shape index (κ2) is 8.11. The summed E-state index contributed by atoms with van der Waals surface area (Å²) in [5.41, 5.74) is 5.46. The molecule has 4 nitrogen and oxygen atoms in total. The number of hydrogen-bond donors (Lipinski definition) is 1. The second-order valence-corrected chi connectivity index (χ2v) is 8.58. The van der Waals surface area contributed by atoms with Crippen LogP contribution in [-0.2, 0) is 0 Å². The number of imidazole rings is 1. The molecule has 4 aromatic rings. The minimum Gasteiger partial charge on any atom is -0.461 e. The lowest BCUT2D eigenvalue weighted by Gasteiger charge is -2.25. The van der Waals surface area contributed by atoms with Gasteiger partial charge in [0.1, 0.15) is 6.10 Å². The Morgan fingerprint density at radius 2 is 1.53 bits per heavy atom. The van der Waals surface area contributed by atoms with Crippen molar-refractivity contribution in [1.29, 1.82) is 0 Å². The molecule has 1 fully saturated rings. The Hall–Kier alpha value is -2.85. The zero-order chi connectivity index (χ0) is 20.5. The largest absolute Gasteiger partial charge is 0.461 e. The van der Waals surface area contributed by atoms with E-state index in [-0.39, 0.29) is 6.10 Å². The molecule has 5 heteroatoms. The predicted molar refractivity (Wildman–Crippen MR) is 122 cm³/mol. The van der Waals surface area contributed by atoms with Gasteiger partial charge >= 0.3 is 0 Å². The molecule has 30 heavy (non-hydrogen) atoms. The average Bonchev–Trinajstić information content (AvgIpc) is 3.16. The summed E-state index contributed by atoms with van der Waals surface area (Å²) in [5, 5.41) is 0.594. The number of rotatable bonds is 4. The van der Waals surface area contributed by atoms with Crippen LogP contribution in [0.25, 0.3) is 33.5 Å². The van der Waals surface area contributed by atoms with Crippen LogP contribution in [0.5, 0.6) is 6.01 Å². The minimum absolute atomic E-state index is 0.224. The Morgan fingerprint density at radius 3 is 2.27 bits per heavy atom. The van der Waals surface area contributed by atoms with Crippen LogP contribution in [0.15, 0.2) is 60.7 Å². The van der Waals surface area contributed by atoms with E-state index in [0.717, 1.165) is 41.1 Å². The minimum atomic E-state index is 0.224. The van der Waals surface area contributed by atoms with Gasteiger partial charge in [-0.1, -0.05) is 73.1 Å². The zero-order valence-electron chi connectivity index (χ0n) is 16.9. The first-order valence-corrected chi connectivity index (χ1v) is 10.9. The molecule has 0 atom stereocenters. The van der Waals surface area contributed by atoms with Gasteiger partial charge in [0.2, 0.25) is 0 Å². The van der Waals surface area contributed by atoms with Crippen molar-refractivity contribution in [2.45, 2.75) is 38.7 Å². The lowest BCUT2D eigenvalue weighted by molar-refractivity contribution is 0.126. The molecule has 0 bridgehead atoms. The highest BCUT2D eigenvalue weighted by molar-refractivity contribution is 6.33. The summed E-state index contributed by atoms with van der Waals surface area (Å²) in [5.74, 6) is 0.789. The van der Waals surface area contributed by atoms with Crippen molar-refractivity contribution < 1.29 is 4.74 Å². The van der Waals surface area contributed by atoms with Crippen LogP contribution >= 0.6 is 11.6 Å². The summed E-state index contributed by atoms with van der Waals surface area (Å²) in [4.78, 5) is 12.5. The van der Waals surface area contributed by atoms with E-state index < -0.39 is 0 Å². The fraction of sp³-hybridized carbons (Fsp3) is 0.280. The van der Waals surface area contributed by atoms with E-state index in [1.807, 2.05) is 24.3 Å².